The summed E-state index contributed by atoms with van der Waals surface area (Å²) in [5, 5.41) is 0.0841. The standard InChI is InChI=1S/C22H27F3O/c1-2-3-13-26-18-12-11-16-14-17(10-9-15-7-5-4-6-8-15)20(23)22(25)19(16)21(18)24/h11-12,14-15H,2-10,13H2,1H3. The molecule has 0 aliphatic heterocycles. The minimum Gasteiger partial charge on any atom is -0.490 e. The molecule has 0 amide bonds. The van der Waals surface area contributed by atoms with Gasteiger partial charge < -0.3 is 4.74 Å². The van der Waals surface area contributed by atoms with Crippen LogP contribution in [-0.4, -0.2) is 6.61 Å². The van der Waals surface area contributed by atoms with Crippen LogP contribution in [0.5, 0.6) is 5.75 Å². The van der Waals surface area contributed by atoms with Crippen molar-refractivity contribution in [2.75, 3.05) is 6.61 Å². The van der Waals surface area contributed by atoms with Crippen LogP contribution in [0, 0.1) is 23.4 Å². The van der Waals surface area contributed by atoms with Crippen LogP contribution in [0.4, 0.5) is 13.2 Å². The van der Waals surface area contributed by atoms with Gasteiger partial charge in [0.1, 0.15) is 0 Å². The van der Waals surface area contributed by atoms with Gasteiger partial charge in [0, 0.05) is 0 Å². The summed E-state index contributed by atoms with van der Waals surface area (Å²) in [6, 6.07) is 4.72. The molecule has 1 fully saturated rings. The van der Waals surface area contributed by atoms with E-state index >= 15 is 0 Å². The predicted molar refractivity (Wildman–Crippen MR) is 99.1 cm³/mol. The SMILES string of the molecule is CCCCOc1ccc2cc(CCC3CCCCC3)c(F)c(F)c2c1F. The fraction of sp³-hybridized carbons (Fsp3) is 0.545. The minimum absolute atomic E-state index is 0.0146. The zero-order valence-corrected chi connectivity index (χ0v) is 15.4. The fourth-order valence-electron chi connectivity index (χ4n) is 3.87. The van der Waals surface area contributed by atoms with Gasteiger partial charge in [0.25, 0.3) is 0 Å². The molecule has 0 spiro atoms. The molecule has 142 valence electrons. The Morgan fingerprint density at radius 1 is 1.00 bits per heavy atom. The number of benzene rings is 2. The molecular weight excluding hydrogens is 337 g/mol. The summed E-state index contributed by atoms with van der Waals surface area (Å²) >= 11 is 0. The van der Waals surface area contributed by atoms with Gasteiger partial charge in [0.2, 0.25) is 0 Å². The predicted octanol–water partition coefficient (Wildman–Crippen LogP) is 6.95. The Bertz CT molecular complexity index is 751. The van der Waals surface area contributed by atoms with E-state index in [1.807, 2.05) is 6.92 Å². The molecule has 4 heteroatoms. The molecule has 1 aliphatic carbocycles. The lowest BCUT2D eigenvalue weighted by Crippen LogP contribution is -2.08. The Labute approximate surface area is 153 Å². The first-order chi connectivity index (χ1) is 12.6. The lowest BCUT2D eigenvalue weighted by atomic mass is 9.85. The number of rotatable bonds is 7. The van der Waals surface area contributed by atoms with Gasteiger partial charge in [0.15, 0.2) is 23.2 Å². The summed E-state index contributed by atoms with van der Waals surface area (Å²) in [7, 11) is 0. The topological polar surface area (TPSA) is 9.23 Å². The molecule has 2 aromatic carbocycles. The summed E-state index contributed by atoms with van der Waals surface area (Å²) < 4.78 is 49.1. The minimum atomic E-state index is -1.10. The summed E-state index contributed by atoms with van der Waals surface area (Å²) in [4.78, 5) is 0. The molecule has 0 unspecified atom stereocenters. The largest absolute Gasteiger partial charge is 0.490 e. The van der Waals surface area contributed by atoms with Gasteiger partial charge in [0.05, 0.1) is 12.0 Å². The second-order valence-corrected chi connectivity index (χ2v) is 7.38. The van der Waals surface area contributed by atoms with Crippen LogP contribution in [0.3, 0.4) is 0 Å². The van der Waals surface area contributed by atoms with E-state index in [9.17, 15) is 13.2 Å². The molecule has 3 rings (SSSR count). The number of ether oxygens (including phenoxy) is 1. The molecule has 0 N–H and O–H groups in total. The number of aryl methyl sites for hydroxylation is 1. The summed E-state index contributed by atoms with van der Waals surface area (Å²) in [6.45, 7) is 2.37. The Hall–Kier alpha value is -1.71. The number of hydrogen-bond donors (Lipinski definition) is 0. The highest BCUT2D eigenvalue weighted by Gasteiger charge is 2.20. The van der Waals surface area contributed by atoms with Crippen molar-refractivity contribution in [1.82, 2.24) is 0 Å². The number of halogens is 3. The third-order valence-corrected chi connectivity index (χ3v) is 5.46. The van der Waals surface area contributed by atoms with Crippen LogP contribution < -0.4 is 4.74 Å². The molecule has 0 saturated heterocycles. The van der Waals surface area contributed by atoms with Crippen LogP contribution >= 0.6 is 0 Å². The van der Waals surface area contributed by atoms with E-state index in [4.69, 9.17) is 4.74 Å². The van der Waals surface area contributed by atoms with Crippen LogP contribution in [0.25, 0.3) is 10.8 Å². The van der Waals surface area contributed by atoms with Crippen LogP contribution in [0.2, 0.25) is 0 Å². The first kappa shape index (κ1) is 19.1. The van der Waals surface area contributed by atoms with Crippen molar-refractivity contribution in [3.63, 3.8) is 0 Å². The van der Waals surface area contributed by atoms with Gasteiger partial charge in [-0.15, -0.1) is 0 Å². The summed E-state index contributed by atoms with van der Waals surface area (Å²) in [5.41, 5.74) is 0.347. The lowest BCUT2D eigenvalue weighted by molar-refractivity contribution is 0.295. The lowest BCUT2D eigenvalue weighted by Gasteiger charge is -2.21. The maximum absolute atomic E-state index is 14.6. The first-order valence-electron chi connectivity index (χ1n) is 9.83. The molecular formula is C22H27F3O. The Morgan fingerprint density at radius 2 is 1.77 bits per heavy atom. The third-order valence-electron chi connectivity index (χ3n) is 5.46. The van der Waals surface area contributed by atoms with Gasteiger partial charge in [-0.1, -0.05) is 51.5 Å². The van der Waals surface area contributed by atoms with Gasteiger partial charge >= 0.3 is 0 Å². The molecule has 1 saturated carbocycles. The van der Waals surface area contributed by atoms with Crippen LogP contribution in [0.1, 0.15) is 63.9 Å². The molecule has 0 heterocycles. The van der Waals surface area contributed by atoms with Crippen molar-refractivity contribution in [3.05, 3.63) is 41.2 Å². The van der Waals surface area contributed by atoms with E-state index in [1.54, 1.807) is 12.1 Å². The summed E-state index contributed by atoms with van der Waals surface area (Å²) in [6.07, 6.45) is 9.14. The highest BCUT2D eigenvalue weighted by Crippen LogP contribution is 2.33. The highest BCUT2D eigenvalue weighted by atomic mass is 19.2. The maximum atomic E-state index is 14.6. The van der Waals surface area contributed by atoms with Gasteiger partial charge in [-0.2, -0.15) is 0 Å². The van der Waals surface area contributed by atoms with Gasteiger partial charge in [-0.3, -0.25) is 0 Å². The number of hydrogen-bond acceptors (Lipinski definition) is 1. The molecule has 0 bridgehead atoms. The maximum Gasteiger partial charge on any atom is 0.175 e. The molecule has 0 atom stereocenters. The Balaban J connectivity index is 1.83. The zero-order valence-electron chi connectivity index (χ0n) is 15.4. The average Bonchev–Trinajstić information content (AvgIpc) is 2.66. The van der Waals surface area contributed by atoms with E-state index in [0.29, 0.717) is 29.9 Å². The number of fused-ring (bicyclic) bond motifs is 1. The summed E-state index contributed by atoms with van der Waals surface area (Å²) in [5.74, 6) is -2.25. The first-order valence-corrected chi connectivity index (χ1v) is 9.83. The molecule has 0 radical (unpaired) electrons. The normalized spacial score (nSPS) is 15.5. The van der Waals surface area contributed by atoms with Crippen molar-refractivity contribution in [2.24, 2.45) is 5.92 Å². The molecule has 0 aromatic heterocycles. The Morgan fingerprint density at radius 3 is 2.50 bits per heavy atom. The smallest absolute Gasteiger partial charge is 0.175 e. The molecule has 1 nitrogen and oxygen atoms in total. The van der Waals surface area contributed by atoms with E-state index in [1.165, 1.54) is 38.2 Å². The van der Waals surface area contributed by atoms with Crippen LogP contribution in [0.15, 0.2) is 18.2 Å². The van der Waals surface area contributed by atoms with Gasteiger partial charge in [-0.05, 0) is 48.3 Å². The molecule has 1 aliphatic rings. The Kier molecular flexibility index (Phi) is 6.44. The zero-order chi connectivity index (χ0) is 18.5. The van der Waals surface area contributed by atoms with Crippen molar-refractivity contribution in [1.29, 1.82) is 0 Å². The van der Waals surface area contributed by atoms with Crippen molar-refractivity contribution in [3.8, 4) is 5.75 Å². The van der Waals surface area contributed by atoms with Crippen LogP contribution in [-0.2, 0) is 6.42 Å². The average molecular weight is 364 g/mol. The van der Waals surface area contributed by atoms with E-state index in [-0.39, 0.29) is 11.1 Å². The molecule has 2 aromatic rings. The van der Waals surface area contributed by atoms with Gasteiger partial charge in [-0.25, -0.2) is 13.2 Å². The van der Waals surface area contributed by atoms with Crippen molar-refractivity contribution >= 4 is 10.8 Å². The van der Waals surface area contributed by atoms with E-state index in [0.717, 1.165) is 19.3 Å². The second-order valence-electron chi connectivity index (χ2n) is 7.38. The van der Waals surface area contributed by atoms with E-state index in [2.05, 4.69) is 0 Å². The third kappa shape index (κ3) is 4.16. The quantitative estimate of drug-likeness (QED) is 0.483. The van der Waals surface area contributed by atoms with Crippen molar-refractivity contribution in [2.45, 2.75) is 64.7 Å². The highest BCUT2D eigenvalue weighted by molar-refractivity contribution is 5.86. The molecule has 26 heavy (non-hydrogen) atoms. The monoisotopic (exact) mass is 364 g/mol. The second kappa shape index (κ2) is 8.79. The van der Waals surface area contributed by atoms with Crippen molar-refractivity contribution < 1.29 is 17.9 Å². The fourth-order valence-corrected chi connectivity index (χ4v) is 3.87. The number of unbranched alkanes of at least 4 members (excludes halogenated alkanes) is 1. The van der Waals surface area contributed by atoms with E-state index < -0.39 is 17.5 Å².